The molecular formula is C53H36N4. The minimum Gasteiger partial charge on any atom is -0.309 e. The van der Waals surface area contributed by atoms with Gasteiger partial charge < -0.3 is 4.57 Å². The van der Waals surface area contributed by atoms with Crippen LogP contribution in [0.4, 0.5) is 5.82 Å². The summed E-state index contributed by atoms with van der Waals surface area (Å²) in [4.78, 5) is 9.55. The molecule has 4 heteroatoms. The highest BCUT2D eigenvalue weighted by Gasteiger charge is 2.46. The highest BCUT2D eigenvalue weighted by Crippen LogP contribution is 2.57. The minimum atomic E-state index is -0.480. The van der Waals surface area contributed by atoms with Crippen LogP contribution in [0.2, 0.25) is 0 Å². The topological polar surface area (TPSA) is 35.1 Å². The van der Waals surface area contributed by atoms with Crippen LogP contribution in [0.15, 0.2) is 193 Å². The lowest BCUT2D eigenvalue weighted by molar-refractivity contribution is 0.768. The highest BCUT2D eigenvalue weighted by molar-refractivity contribution is 6.12. The molecule has 7 aromatic carbocycles. The molecule has 10 aromatic rings. The summed E-state index contributed by atoms with van der Waals surface area (Å²) in [6, 6.07) is 64.5. The van der Waals surface area contributed by atoms with E-state index < -0.39 is 5.41 Å². The molecule has 0 bridgehead atoms. The van der Waals surface area contributed by atoms with E-state index in [1.807, 2.05) is 6.20 Å². The molecule has 4 heterocycles. The molecule has 0 saturated heterocycles. The second-order valence-corrected chi connectivity index (χ2v) is 15.3. The number of hydrogen-bond donors (Lipinski definition) is 0. The van der Waals surface area contributed by atoms with E-state index in [0.717, 1.165) is 30.0 Å². The average Bonchev–Trinajstić information content (AvgIpc) is 3.90. The number of nitrogens with zero attached hydrogens (tertiary/aromatic N) is 4. The number of aromatic nitrogens is 3. The zero-order valence-corrected chi connectivity index (χ0v) is 31.2. The summed E-state index contributed by atoms with van der Waals surface area (Å²) in [5.74, 6) is 1.06. The fourth-order valence-electron chi connectivity index (χ4n) is 9.98. The average molecular weight is 729 g/mol. The van der Waals surface area contributed by atoms with Crippen LogP contribution in [0.5, 0.6) is 0 Å². The zero-order chi connectivity index (χ0) is 37.5. The van der Waals surface area contributed by atoms with Crippen LogP contribution >= 0.6 is 0 Å². The number of hydrogen-bond acceptors (Lipinski definition) is 2. The Bertz CT molecular complexity index is 3170. The van der Waals surface area contributed by atoms with Gasteiger partial charge in [-0.15, -0.1) is 0 Å². The molecule has 0 atom stereocenters. The van der Waals surface area contributed by atoms with Crippen LogP contribution in [-0.2, 0) is 11.8 Å². The lowest BCUT2D eigenvalue weighted by atomic mass is 9.67. The summed E-state index contributed by atoms with van der Waals surface area (Å²) in [5.41, 5.74) is 16.5. The van der Waals surface area contributed by atoms with Crippen LogP contribution in [0.3, 0.4) is 0 Å². The van der Waals surface area contributed by atoms with E-state index in [2.05, 4.69) is 202 Å². The van der Waals surface area contributed by atoms with Gasteiger partial charge in [0.2, 0.25) is 0 Å². The Hall–Kier alpha value is -7.30. The molecule has 0 fully saturated rings. The molecule has 1 aliphatic heterocycles. The minimum absolute atomic E-state index is 0.480. The van der Waals surface area contributed by atoms with Gasteiger partial charge in [0, 0.05) is 57.3 Å². The van der Waals surface area contributed by atoms with Crippen LogP contribution in [-0.4, -0.2) is 20.3 Å². The maximum absolute atomic E-state index is 4.86. The van der Waals surface area contributed by atoms with Crippen molar-refractivity contribution in [2.24, 2.45) is 4.99 Å². The monoisotopic (exact) mass is 728 g/mol. The summed E-state index contributed by atoms with van der Waals surface area (Å²) < 4.78 is 4.74. The second-order valence-electron chi connectivity index (χ2n) is 15.3. The first-order chi connectivity index (χ1) is 28.3. The summed E-state index contributed by atoms with van der Waals surface area (Å²) in [6.07, 6.45) is 8.07. The molecule has 0 radical (unpaired) electrons. The first-order valence-corrected chi connectivity index (χ1v) is 19.8. The van der Waals surface area contributed by atoms with E-state index in [1.165, 1.54) is 82.8 Å². The number of pyridine rings is 1. The van der Waals surface area contributed by atoms with Crippen molar-refractivity contribution in [1.29, 1.82) is 0 Å². The summed E-state index contributed by atoms with van der Waals surface area (Å²) >= 11 is 0. The quantitative estimate of drug-likeness (QED) is 0.174. The molecule has 0 amide bonds. The number of fused-ring (bicyclic) bond motifs is 9. The third kappa shape index (κ3) is 4.55. The molecule has 4 nitrogen and oxygen atoms in total. The smallest absolute Gasteiger partial charge is 0.141 e. The molecular weight excluding hydrogens is 693 g/mol. The zero-order valence-electron chi connectivity index (χ0n) is 31.2. The van der Waals surface area contributed by atoms with Crippen LogP contribution in [0.1, 0.15) is 34.2 Å². The Kier molecular flexibility index (Phi) is 6.93. The predicted octanol–water partition coefficient (Wildman–Crippen LogP) is 12.8. The van der Waals surface area contributed by atoms with Crippen LogP contribution in [0.25, 0.3) is 66.3 Å². The maximum Gasteiger partial charge on any atom is 0.141 e. The second kappa shape index (κ2) is 12.4. The maximum atomic E-state index is 4.86. The van der Waals surface area contributed by atoms with Gasteiger partial charge >= 0.3 is 0 Å². The summed E-state index contributed by atoms with van der Waals surface area (Å²) in [5, 5.41) is 3.78. The number of rotatable bonds is 5. The van der Waals surface area contributed by atoms with E-state index in [4.69, 9.17) is 4.99 Å². The molecule has 0 spiro atoms. The van der Waals surface area contributed by atoms with Crippen molar-refractivity contribution in [3.05, 3.63) is 216 Å². The normalized spacial score (nSPS) is 13.9. The van der Waals surface area contributed by atoms with Gasteiger partial charge in [0.1, 0.15) is 5.82 Å². The third-order valence-electron chi connectivity index (χ3n) is 12.4. The largest absolute Gasteiger partial charge is 0.309 e. The number of benzene rings is 7. The van der Waals surface area contributed by atoms with Crippen molar-refractivity contribution in [2.45, 2.75) is 18.3 Å². The molecule has 0 N–H and O–H groups in total. The van der Waals surface area contributed by atoms with Crippen molar-refractivity contribution in [3.63, 3.8) is 0 Å². The predicted molar refractivity (Wildman–Crippen MR) is 235 cm³/mol. The lowest BCUT2D eigenvalue weighted by Gasteiger charge is -2.33. The molecule has 1 aliphatic carbocycles. The Morgan fingerprint density at radius 3 is 1.75 bits per heavy atom. The molecule has 3 aromatic heterocycles. The van der Waals surface area contributed by atoms with E-state index >= 15 is 0 Å². The first-order valence-electron chi connectivity index (χ1n) is 19.8. The van der Waals surface area contributed by atoms with Crippen LogP contribution in [0, 0.1) is 0 Å². The molecule has 2 aliphatic rings. The van der Waals surface area contributed by atoms with Gasteiger partial charge in [0.25, 0.3) is 0 Å². The van der Waals surface area contributed by atoms with Gasteiger partial charge in [-0.1, -0.05) is 121 Å². The van der Waals surface area contributed by atoms with E-state index in [9.17, 15) is 0 Å². The van der Waals surface area contributed by atoms with E-state index in [1.54, 1.807) is 0 Å². The summed E-state index contributed by atoms with van der Waals surface area (Å²) in [7, 11) is 0. The lowest BCUT2D eigenvalue weighted by Crippen LogP contribution is -2.28. The highest BCUT2D eigenvalue weighted by atomic mass is 15.1. The fraction of sp³-hybridized carbons (Fsp3) is 0.0566. The SMILES string of the molecule is C1=Nc2c(c3ccccc3n2-c2ccc(-c3ccc(-n4c5ccccc5c5cc6c(cc54)-c4cnccc4C6(c4ccccc4)c4ccccc4)cc3)cc2)CC1. The molecule has 0 unspecified atom stereocenters. The molecule has 57 heavy (non-hydrogen) atoms. The van der Waals surface area contributed by atoms with Gasteiger partial charge in [-0.3, -0.25) is 9.55 Å². The number of aryl methyl sites for hydroxylation is 1. The Morgan fingerprint density at radius 1 is 0.474 bits per heavy atom. The van der Waals surface area contributed by atoms with Crippen molar-refractivity contribution in [1.82, 2.24) is 14.1 Å². The van der Waals surface area contributed by atoms with Gasteiger partial charge in [-0.2, -0.15) is 0 Å². The molecule has 0 saturated carbocycles. The molecule has 12 rings (SSSR count). The van der Waals surface area contributed by atoms with Crippen molar-refractivity contribution in [3.8, 4) is 33.6 Å². The van der Waals surface area contributed by atoms with Gasteiger partial charge in [-0.25, -0.2) is 4.99 Å². The Labute approximate surface area is 330 Å². The Balaban J connectivity index is 0.996. The number of aliphatic imine (C=N–C) groups is 1. The summed E-state index contributed by atoms with van der Waals surface area (Å²) in [6.45, 7) is 0. The van der Waals surface area contributed by atoms with Crippen molar-refractivity contribution in [2.75, 3.05) is 0 Å². The Morgan fingerprint density at radius 2 is 1.07 bits per heavy atom. The van der Waals surface area contributed by atoms with Crippen molar-refractivity contribution < 1.29 is 0 Å². The van der Waals surface area contributed by atoms with Crippen molar-refractivity contribution >= 4 is 44.7 Å². The number of para-hydroxylation sites is 2. The van der Waals surface area contributed by atoms with E-state index in [0.29, 0.717) is 0 Å². The van der Waals surface area contributed by atoms with E-state index in [-0.39, 0.29) is 0 Å². The first kappa shape index (κ1) is 32.0. The third-order valence-corrected chi connectivity index (χ3v) is 12.4. The van der Waals surface area contributed by atoms with Gasteiger partial charge in [0.05, 0.1) is 22.0 Å². The fourth-order valence-corrected chi connectivity index (χ4v) is 9.98. The standard InChI is InChI=1S/C53H36N4/c1-3-12-37(13-4-1)53(38-14-5-2-6-15-38)47-29-31-54-34-46(47)44-33-51-45(32-48(44)53)42-17-8-9-19-49(42)56(51)39-25-21-35(22-26-39)36-23-27-40(28-24-36)57-50-20-10-7-16-41(50)43-18-11-30-55-52(43)57/h1-10,12-17,19-34H,11,18H2. The van der Waals surface area contributed by atoms with Gasteiger partial charge in [-0.05, 0) is 106 Å². The molecule has 268 valence electrons. The van der Waals surface area contributed by atoms with Crippen LogP contribution < -0.4 is 0 Å². The van der Waals surface area contributed by atoms with Gasteiger partial charge in [0.15, 0.2) is 0 Å².